The van der Waals surface area contributed by atoms with Crippen molar-refractivity contribution in [3.8, 4) is 10.8 Å². The van der Waals surface area contributed by atoms with E-state index < -0.39 is 0 Å². The molecular formula is C7H11Br. The molecule has 0 aromatic rings. The summed E-state index contributed by atoms with van der Waals surface area (Å²) in [6.45, 7) is 6.51. The topological polar surface area (TPSA) is 0 Å². The molecule has 0 rings (SSSR count). The highest BCUT2D eigenvalue weighted by Crippen LogP contribution is 2.16. The lowest BCUT2D eigenvalue weighted by Gasteiger charge is -2.12. The SMILES string of the molecule is CC(C)(C)CC#CBr. The highest BCUT2D eigenvalue weighted by atomic mass is 79.9. The Kier molecular flexibility index (Phi) is 3.16. The van der Waals surface area contributed by atoms with Crippen LogP contribution in [0.25, 0.3) is 0 Å². The predicted octanol–water partition coefficient (Wildman–Crippen LogP) is 2.78. The fraction of sp³-hybridized carbons (Fsp3) is 0.714. The van der Waals surface area contributed by atoms with Gasteiger partial charge in [0.2, 0.25) is 0 Å². The van der Waals surface area contributed by atoms with Crippen LogP contribution in [0.1, 0.15) is 27.2 Å². The summed E-state index contributed by atoms with van der Waals surface area (Å²) in [7, 11) is 0. The van der Waals surface area contributed by atoms with Crippen molar-refractivity contribution in [1.82, 2.24) is 0 Å². The van der Waals surface area contributed by atoms with Crippen molar-refractivity contribution in [2.75, 3.05) is 0 Å². The lowest BCUT2D eigenvalue weighted by atomic mass is 9.93. The lowest BCUT2D eigenvalue weighted by Crippen LogP contribution is -2.01. The number of hydrogen-bond acceptors (Lipinski definition) is 0. The van der Waals surface area contributed by atoms with Crippen LogP contribution in [0.4, 0.5) is 0 Å². The Morgan fingerprint density at radius 1 is 1.38 bits per heavy atom. The van der Waals surface area contributed by atoms with Gasteiger partial charge in [-0.2, -0.15) is 0 Å². The first-order chi connectivity index (χ1) is 3.56. The normalized spacial score (nSPS) is 10.0. The average molecular weight is 175 g/mol. The molecule has 0 fully saturated rings. The van der Waals surface area contributed by atoms with E-state index in [1.165, 1.54) is 0 Å². The first kappa shape index (κ1) is 8.04. The summed E-state index contributed by atoms with van der Waals surface area (Å²) >= 11 is 3.04. The van der Waals surface area contributed by atoms with Crippen LogP contribution in [0.5, 0.6) is 0 Å². The smallest absolute Gasteiger partial charge is 0.0146 e. The van der Waals surface area contributed by atoms with Crippen LogP contribution >= 0.6 is 15.9 Å². The van der Waals surface area contributed by atoms with Crippen LogP contribution in [0.2, 0.25) is 0 Å². The molecule has 0 aromatic heterocycles. The standard InChI is InChI=1S/C7H11Br/c1-7(2,3)5-4-6-8/h5H2,1-3H3. The third-order valence-corrected chi connectivity index (χ3v) is 0.966. The zero-order valence-electron chi connectivity index (χ0n) is 5.59. The fourth-order valence-corrected chi connectivity index (χ4v) is 0.439. The van der Waals surface area contributed by atoms with Gasteiger partial charge in [0.25, 0.3) is 0 Å². The van der Waals surface area contributed by atoms with Crippen molar-refractivity contribution in [3.05, 3.63) is 0 Å². The summed E-state index contributed by atoms with van der Waals surface area (Å²) in [4.78, 5) is 2.69. The van der Waals surface area contributed by atoms with E-state index in [0.29, 0.717) is 5.41 Å². The zero-order chi connectivity index (χ0) is 6.62. The molecule has 0 nitrogen and oxygen atoms in total. The molecule has 1 heteroatoms. The van der Waals surface area contributed by atoms with Crippen LogP contribution in [-0.4, -0.2) is 0 Å². The molecule has 0 aliphatic rings. The monoisotopic (exact) mass is 174 g/mol. The molecule has 0 saturated heterocycles. The number of rotatable bonds is 0. The molecule has 0 aliphatic carbocycles. The molecule has 0 bridgehead atoms. The van der Waals surface area contributed by atoms with Crippen LogP contribution in [0.15, 0.2) is 0 Å². The van der Waals surface area contributed by atoms with Crippen LogP contribution in [0.3, 0.4) is 0 Å². The van der Waals surface area contributed by atoms with E-state index in [1.807, 2.05) is 0 Å². The van der Waals surface area contributed by atoms with Crippen molar-refractivity contribution in [2.45, 2.75) is 27.2 Å². The third kappa shape index (κ3) is 6.04. The van der Waals surface area contributed by atoms with Crippen molar-refractivity contribution >= 4 is 15.9 Å². The minimum atomic E-state index is 0.348. The predicted molar refractivity (Wildman–Crippen MR) is 40.8 cm³/mol. The fourth-order valence-electron chi connectivity index (χ4n) is 0.299. The summed E-state index contributed by atoms with van der Waals surface area (Å²) in [5.74, 6) is 2.95. The summed E-state index contributed by atoms with van der Waals surface area (Å²) < 4.78 is 0. The van der Waals surface area contributed by atoms with E-state index in [0.717, 1.165) is 6.42 Å². The Morgan fingerprint density at radius 3 is 2.00 bits per heavy atom. The van der Waals surface area contributed by atoms with Gasteiger partial charge in [0.15, 0.2) is 0 Å². The van der Waals surface area contributed by atoms with Gasteiger partial charge in [0.05, 0.1) is 0 Å². The number of hydrogen-bond donors (Lipinski definition) is 0. The zero-order valence-corrected chi connectivity index (χ0v) is 7.17. The Bertz CT molecular complexity index is 109. The summed E-state index contributed by atoms with van der Waals surface area (Å²) in [6.07, 6.45) is 0.957. The lowest BCUT2D eigenvalue weighted by molar-refractivity contribution is 0.428. The van der Waals surface area contributed by atoms with Crippen molar-refractivity contribution < 1.29 is 0 Å². The molecule has 46 valence electrons. The number of halogens is 1. The summed E-state index contributed by atoms with van der Waals surface area (Å²) in [5, 5.41) is 0. The van der Waals surface area contributed by atoms with Crippen molar-refractivity contribution in [3.63, 3.8) is 0 Å². The maximum absolute atomic E-state index is 3.04. The second-order valence-electron chi connectivity index (χ2n) is 3.01. The van der Waals surface area contributed by atoms with Gasteiger partial charge in [-0.25, -0.2) is 0 Å². The van der Waals surface area contributed by atoms with E-state index in [1.54, 1.807) is 0 Å². The highest BCUT2D eigenvalue weighted by Gasteiger charge is 2.05. The van der Waals surface area contributed by atoms with Crippen LogP contribution < -0.4 is 0 Å². The molecular weight excluding hydrogens is 164 g/mol. The summed E-state index contributed by atoms with van der Waals surface area (Å²) in [6, 6.07) is 0. The second-order valence-corrected chi connectivity index (χ2v) is 3.41. The van der Waals surface area contributed by atoms with E-state index in [2.05, 4.69) is 47.5 Å². The molecule has 0 radical (unpaired) electrons. The maximum Gasteiger partial charge on any atom is 0.0146 e. The first-order valence-corrected chi connectivity index (χ1v) is 3.44. The van der Waals surface area contributed by atoms with Gasteiger partial charge in [0.1, 0.15) is 0 Å². The first-order valence-electron chi connectivity index (χ1n) is 2.65. The molecule has 0 heterocycles. The van der Waals surface area contributed by atoms with Crippen LogP contribution in [-0.2, 0) is 0 Å². The molecule has 8 heavy (non-hydrogen) atoms. The quantitative estimate of drug-likeness (QED) is 0.496. The Hall–Kier alpha value is 0.0400. The Labute approximate surface area is 59.8 Å². The average Bonchev–Trinajstić information content (AvgIpc) is 1.59. The molecule has 0 unspecified atom stereocenters. The van der Waals surface area contributed by atoms with Gasteiger partial charge in [0, 0.05) is 22.4 Å². The van der Waals surface area contributed by atoms with Crippen LogP contribution in [0, 0.1) is 16.2 Å². The van der Waals surface area contributed by atoms with Gasteiger partial charge in [-0.05, 0) is 10.2 Å². The molecule has 0 spiro atoms. The van der Waals surface area contributed by atoms with E-state index in [4.69, 9.17) is 0 Å². The van der Waals surface area contributed by atoms with Gasteiger partial charge in [-0.15, -0.1) is 0 Å². The van der Waals surface area contributed by atoms with E-state index >= 15 is 0 Å². The van der Waals surface area contributed by atoms with E-state index in [9.17, 15) is 0 Å². The Balaban J connectivity index is 3.50. The van der Waals surface area contributed by atoms with Gasteiger partial charge in [-0.1, -0.05) is 26.7 Å². The highest BCUT2D eigenvalue weighted by molar-refractivity contribution is 9.12. The molecule has 0 saturated carbocycles. The Morgan fingerprint density at radius 2 is 1.88 bits per heavy atom. The maximum atomic E-state index is 3.04. The van der Waals surface area contributed by atoms with Gasteiger partial charge < -0.3 is 0 Å². The second kappa shape index (κ2) is 3.14. The molecule has 0 amide bonds. The van der Waals surface area contributed by atoms with Gasteiger partial charge >= 0.3 is 0 Å². The van der Waals surface area contributed by atoms with E-state index in [-0.39, 0.29) is 0 Å². The molecule has 0 atom stereocenters. The largest absolute Gasteiger partial charge is 0.0902 e. The molecule has 0 N–H and O–H groups in total. The minimum absolute atomic E-state index is 0.348. The minimum Gasteiger partial charge on any atom is -0.0902 e. The van der Waals surface area contributed by atoms with Crippen molar-refractivity contribution in [1.29, 1.82) is 0 Å². The molecule has 0 aliphatic heterocycles. The molecule has 0 aromatic carbocycles. The van der Waals surface area contributed by atoms with Gasteiger partial charge in [-0.3, -0.25) is 0 Å². The third-order valence-electron chi connectivity index (χ3n) is 0.686. The van der Waals surface area contributed by atoms with Crippen molar-refractivity contribution in [2.24, 2.45) is 5.41 Å². The summed E-state index contributed by atoms with van der Waals surface area (Å²) in [5.41, 5.74) is 0.348.